The van der Waals surface area contributed by atoms with Crippen LogP contribution in [-0.2, 0) is 19.8 Å². The molecule has 0 fully saturated rings. The number of hydrogen-bond acceptors (Lipinski definition) is 4. The molecule has 1 N–H and O–H groups in total. The second-order valence-corrected chi connectivity index (χ2v) is 7.00. The summed E-state index contributed by atoms with van der Waals surface area (Å²) in [6.07, 6.45) is -4.51. The zero-order valence-corrected chi connectivity index (χ0v) is 17.3. The smallest absolute Gasteiger partial charge is 0.416 e. The van der Waals surface area contributed by atoms with Gasteiger partial charge in [-0.3, -0.25) is 9.36 Å². The third kappa shape index (κ3) is 4.91. The van der Waals surface area contributed by atoms with Crippen LogP contribution in [0.3, 0.4) is 0 Å². The van der Waals surface area contributed by atoms with Gasteiger partial charge in [-0.1, -0.05) is 23.7 Å². The minimum Gasteiger partial charge on any atom is -0.496 e. The monoisotopic (exact) mass is 454 g/mol. The van der Waals surface area contributed by atoms with E-state index in [4.69, 9.17) is 16.3 Å². The molecule has 0 aliphatic rings. The second kappa shape index (κ2) is 8.84. The van der Waals surface area contributed by atoms with Crippen LogP contribution >= 0.6 is 11.6 Å². The van der Waals surface area contributed by atoms with Gasteiger partial charge >= 0.3 is 11.9 Å². The van der Waals surface area contributed by atoms with E-state index in [1.54, 1.807) is 12.1 Å². The van der Waals surface area contributed by atoms with Gasteiger partial charge in [0, 0.05) is 24.2 Å². The fraction of sp³-hybridized carbons (Fsp3) is 0.250. The Balaban J connectivity index is 1.76. The van der Waals surface area contributed by atoms with Gasteiger partial charge in [0.1, 0.15) is 5.75 Å². The van der Waals surface area contributed by atoms with Crippen molar-refractivity contribution in [3.8, 4) is 17.1 Å². The predicted molar refractivity (Wildman–Crippen MR) is 108 cm³/mol. The first-order chi connectivity index (χ1) is 14.6. The molecule has 3 aromatic rings. The third-order valence-corrected chi connectivity index (χ3v) is 4.74. The summed E-state index contributed by atoms with van der Waals surface area (Å²) >= 11 is 5.92. The van der Waals surface area contributed by atoms with E-state index in [0.29, 0.717) is 10.8 Å². The topological polar surface area (TPSA) is 78.2 Å². The molecular weight excluding hydrogens is 437 g/mol. The van der Waals surface area contributed by atoms with Gasteiger partial charge in [0.2, 0.25) is 0 Å². The first kappa shape index (κ1) is 22.4. The predicted octanol–water partition coefficient (Wildman–Crippen LogP) is 3.36. The van der Waals surface area contributed by atoms with Crippen molar-refractivity contribution >= 4 is 17.5 Å². The fourth-order valence-corrected chi connectivity index (χ4v) is 3.12. The summed E-state index contributed by atoms with van der Waals surface area (Å²) in [5, 5.41) is 7.12. The highest BCUT2D eigenvalue weighted by molar-refractivity contribution is 6.31. The van der Waals surface area contributed by atoms with E-state index in [-0.39, 0.29) is 30.0 Å². The van der Waals surface area contributed by atoms with Crippen LogP contribution in [0.1, 0.15) is 15.9 Å². The van der Waals surface area contributed by atoms with E-state index in [1.165, 1.54) is 32.4 Å². The van der Waals surface area contributed by atoms with Crippen molar-refractivity contribution in [3.05, 3.63) is 69.1 Å². The quantitative estimate of drug-likeness (QED) is 0.619. The average Bonchev–Trinajstić information content (AvgIpc) is 3.01. The molecule has 0 atom stereocenters. The van der Waals surface area contributed by atoms with Crippen LogP contribution in [0.5, 0.6) is 5.75 Å². The molecule has 1 amide bonds. The summed E-state index contributed by atoms with van der Waals surface area (Å²) in [6.45, 7) is 0.0632. The van der Waals surface area contributed by atoms with Crippen LogP contribution in [0.2, 0.25) is 5.02 Å². The molecular formula is C20H18ClF3N4O3. The van der Waals surface area contributed by atoms with E-state index < -0.39 is 23.3 Å². The number of alkyl halides is 3. The van der Waals surface area contributed by atoms with Crippen molar-refractivity contribution in [2.24, 2.45) is 7.05 Å². The molecule has 0 spiro atoms. The number of amides is 1. The zero-order valence-electron chi connectivity index (χ0n) is 16.5. The van der Waals surface area contributed by atoms with E-state index in [2.05, 4.69) is 10.4 Å². The van der Waals surface area contributed by atoms with Crippen LogP contribution in [-0.4, -0.2) is 33.9 Å². The number of benzene rings is 2. The van der Waals surface area contributed by atoms with Crippen LogP contribution in [0, 0.1) is 0 Å². The summed E-state index contributed by atoms with van der Waals surface area (Å²) in [4.78, 5) is 24.8. The maximum Gasteiger partial charge on any atom is 0.416 e. The van der Waals surface area contributed by atoms with Gasteiger partial charge in [0.05, 0.1) is 24.8 Å². The number of hydrogen-bond donors (Lipinski definition) is 1. The van der Waals surface area contributed by atoms with Crippen molar-refractivity contribution in [2.75, 3.05) is 13.7 Å². The summed E-state index contributed by atoms with van der Waals surface area (Å²) in [6, 6.07) is 9.16. The number of rotatable bonds is 6. The first-order valence-electron chi connectivity index (χ1n) is 9.05. The van der Waals surface area contributed by atoms with E-state index in [0.717, 1.165) is 21.4 Å². The number of nitrogens with one attached hydrogen (secondary N) is 1. The summed E-state index contributed by atoms with van der Waals surface area (Å²) in [5.74, 6) is -0.0379. The van der Waals surface area contributed by atoms with Crippen molar-refractivity contribution < 1.29 is 22.7 Å². The Labute approximate surface area is 180 Å². The summed E-state index contributed by atoms with van der Waals surface area (Å²) in [7, 11) is 2.83. The number of aromatic nitrogens is 3. The van der Waals surface area contributed by atoms with Crippen molar-refractivity contribution in [1.82, 2.24) is 19.7 Å². The third-order valence-electron chi connectivity index (χ3n) is 4.50. The van der Waals surface area contributed by atoms with Gasteiger partial charge in [0.15, 0.2) is 5.82 Å². The number of nitrogens with zero attached hydrogens (tertiary/aromatic N) is 3. The van der Waals surface area contributed by atoms with Crippen molar-refractivity contribution in [3.63, 3.8) is 0 Å². The maximum atomic E-state index is 13.0. The Hall–Kier alpha value is -3.27. The summed E-state index contributed by atoms with van der Waals surface area (Å²) < 4.78 is 46.3. The molecule has 164 valence electrons. The molecule has 0 aliphatic carbocycles. The second-order valence-electron chi connectivity index (χ2n) is 6.57. The Morgan fingerprint density at radius 2 is 1.97 bits per heavy atom. The molecule has 31 heavy (non-hydrogen) atoms. The lowest BCUT2D eigenvalue weighted by atomic mass is 10.1. The SMILES string of the molecule is COc1ccc(Cl)cc1C(=O)NCCn1nc(-c2cccc(C(F)(F)F)c2)n(C)c1=O. The zero-order chi connectivity index (χ0) is 22.8. The molecule has 1 aromatic heterocycles. The molecule has 0 unspecified atom stereocenters. The largest absolute Gasteiger partial charge is 0.496 e. The molecule has 0 radical (unpaired) electrons. The molecule has 2 aromatic carbocycles. The van der Waals surface area contributed by atoms with E-state index in [9.17, 15) is 22.8 Å². The lowest BCUT2D eigenvalue weighted by Gasteiger charge is -2.09. The minimum absolute atomic E-state index is 0.0141. The Morgan fingerprint density at radius 1 is 1.23 bits per heavy atom. The number of halogens is 4. The standard InChI is InChI=1S/C20H18ClF3N4O3/c1-27-17(12-4-3-5-13(10-12)20(22,23)24)26-28(19(27)30)9-8-25-18(29)15-11-14(21)6-7-16(15)31-2/h3-7,10-11H,8-9H2,1-2H3,(H,25,29). The molecule has 3 rings (SSSR count). The Morgan fingerprint density at radius 3 is 2.65 bits per heavy atom. The van der Waals surface area contributed by atoms with Crippen molar-refractivity contribution in [1.29, 1.82) is 0 Å². The number of ether oxygens (including phenoxy) is 1. The van der Waals surface area contributed by atoms with E-state index in [1.807, 2.05) is 0 Å². The van der Waals surface area contributed by atoms with Crippen LogP contribution in [0.25, 0.3) is 11.4 Å². The molecule has 1 heterocycles. The normalized spacial score (nSPS) is 11.4. The van der Waals surface area contributed by atoms with E-state index >= 15 is 0 Å². The van der Waals surface area contributed by atoms with Crippen LogP contribution in [0.4, 0.5) is 13.2 Å². The summed E-state index contributed by atoms with van der Waals surface area (Å²) in [5.41, 5.74) is -0.981. The number of carbonyl (C=O) groups excluding carboxylic acids is 1. The van der Waals surface area contributed by atoms with Crippen molar-refractivity contribution in [2.45, 2.75) is 12.7 Å². The van der Waals surface area contributed by atoms with Gasteiger partial charge in [0.25, 0.3) is 5.91 Å². The highest BCUT2D eigenvalue weighted by Gasteiger charge is 2.31. The Kier molecular flexibility index (Phi) is 6.40. The highest BCUT2D eigenvalue weighted by Crippen LogP contribution is 2.31. The average molecular weight is 455 g/mol. The van der Waals surface area contributed by atoms with Crippen LogP contribution in [0.15, 0.2) is 47.3 Å². The van der Waals surface area contributed by atoms with Crippen LogP contribution < -0.4 is 15.7 Å². The fourth-order valence-electron chi connectivity index (χ4n) is 2.95. The molecule has 0 aliphatic heterocycles. The molecule has 7 nitrogen and oxygen atoms in total. The number of methoxy groups -OCH3 is 1. The maximum absolute atomic E-state index is 13.0. The van der Waals surface area contributed by atoms with Gasteiger partial charge in [-0.15, -0.1) is 5.10 Å². The van der Waals surface area contributed by atoms with Gasteiger partial charge < -0.3 is 10.1 Å². The minimum atomic E-state index is -4.51. The number of carbonyl (C=O) groups is 1. The molecule has 11 heteroatoms. The lowest BCUT2D eigenvalue weighted by molar-refractivity contribution is -0.137. The highest BCUT2D eigenvalue weighted by atomic mass is 35.5. The Bertz CT molecular complexity index is 1170. The van der Waals surface area contributed by atoms with Gasteiger partial charge in [-0.05, 0) is 30.3 Å². The van der Waals surface area contributed by atoms with Gasteiger partial charge in [-0.25, -0.2) is 9.48 Å². The molecule has 0 saturated heterocycles. The molecule has 0 saturated carbocycles. The molecule has 0 bridgehead atoms. The lowest BCUT2D eigenvalue weighted by Crippen LogP contribution is -2.32. The first-order valence-corrected chi connectivity index (χ1v) is 9.43. The van der Waals surface area contributed by atoms with Gasteiger partial charge in [-0.2, -0.15) is 13.2 Å².